The van der Waals surface area contributed by atoms with Gasteiger partial charge >= 0.3 is 17.8 Å². The van der Waals surface area contributed by atoms with Crippen LogP contribution in [0, 0.1) is 0 Å². The minimum absolute atomic E-state index is 0.235. The number of hydrazone groups is 1. The smallest absolute Gasteiger partial charge is 0.347 e. The Bertz CT molecular complexity index is 1230. The summed E-state index contributed by atoms with van der Waals surface area (Å²) in [6.07, 6.45) is 1.30. The lowest BCUT2D eigenvalue weighted by Crippen LogP contribution is -2.32. The highest BCUT2D eigenvalue weighted by atomic mass is 35.5. The predicted molar refractivity (Wildman–Crippen MR) is 125 cm³/mol. The van der Waals surface area contributed by atoms with Gasteiger partial charge in [-0.15, -0.1) is 0 Å². The van der Waals surface area contributed by atoms with Gasteiger partial charge in [0.05, 0.1) is 23.4 Å². The maximum absolute atomic E-state index is 12.4. The third kappa shape index (κ3) is 6.55. The summed E-state index contributed by atoms with van der Waals surface area (Å²) in [5, 5.41) is 6.68. The molecule has 33 heavy (non-hydrogen) atoms. The second kappa shape index (κ2) is 11.1. The molecule has 0 unspecified atom stereocenters. The molecule has 168 valence electrons. The number of ether oxygens (including phenoxy) is 2. The van der Waals surface area contributed by atoms with E-state index >= 15 is 0 Å². The minimum atomic E-state index is -0.990. The van der Waals surface area contributed by atoms with Crippen LogP contribution in [0.3, 0.4) is 0 Å². The molecule has 3 aromatic rings. The molecule has 0 heterocycles. The Morgan fingerprint density at radius 1 is 0.909 bits per heavy atom. The predicted octanol–water partition coefficient (Wildman–Crippen LogP) is 4.31. The van der Waals surface area contributed by atoms with Crippen molar-refractivity contribution < 1.29 is 23.9 Å². The van der Waals surface area contributed by atoms with Gasteiger partial charge in [0.2, 0.25) is 0 Å². The normalized spacial score (nSPS) is 10.5. The van der Waals surface area contributed by atoms with Crippen molar-refractivity contribution in [3.05, 3.63) is 87.9 Å². The lowest BCUT2D eigenvalue weighted by atomic mass is 10.2. The maximum atomic E-state index is 12.4. The van der Waals surface area contributed by atoms with Crippen LogP contribution in [0.15, 0.2) is 71.8 Å². The first-order valence-electron chi connectivity index (χ1n) is 9.42. The molecule has 0 aliphatic heterocycles. The summed E-state index contributed by atoms with van der Waals surface area (Å²) in [7, 11) is 1.46. The van der Waals surface area contributed by atoms with Crippen LogP contribution in [0.4, 0.5) is 5.69 Å². The van der Waals surface area contributed by atoms with Crippen molar-refractivity contribution >= 4 is 52.9 Å². The number of esters is 1. The van der Waals surface area contributed by atoms with E-state index in [4.69, 9.17) is 32.7 Å². The van der Waals surface area contributed by atoms with Crippen molar-refractivity contribution in [2.75, 3.05) is 12.4 Å². The van der Waals surface area contributed by atoms with Crippen LogP contribution in [-0.4, -0.2) is 31.1 Å². The standard InChI is InChI=1S/C23H17Cl2N3O5/c1-32-20-8-3-2-7-17(20)23(31)33-16-6-4-5-14(11-16)13-26-28-22(30)21(29)27-15-9-10-18(24)19(25)12-15/h2-13H,1H3,(H,27,29)(H,28,30). The topological polar surface area (TPSA) is 106 Å². The molecule has 2 amide bonds. The lowest BCUT2D eigenvalue weighted by molar-refractivity contribution is -0.136. The van der Waals surface area contributed by atoms with E-state index in [1.807, 2.05) is 0 Å². The zero-order chi connectivity index (χ0) is 23.8. The highest BCUT2D eigenvalue weighted by Crippen LogP contribution is 2.25. The fourth-order valence-electron chi connectivity index (χ4n) is 2.61. The number of carbonyl (C=O) groups is 3. The Kier molecular flexibility index (Phi) is 8.01. The van der Waals surface area contributed by atoms with Gasteiger partial charge in [-0.25, -0.2) is 10.2 Å². The molecule has 0 radical (unpaired) electrons. The number of rotatable bonds is 6. The first kappa shape index (κ1) is 23.8. The van der Waals surface area contributed by atoms with Crippen molar-refractivity contribution in [3.63, 3.8) is 0 Å². The van der Waals surface area contributed by atoms with Crippen molar-refractivity contribution in [3.8, 4) is 11.5 Å². The Morgan fingerprint density at radius 2 is 1.70 bits per heavy atom. The van der Waals surface area contributed by atoms with E-state index in [9.17, 15) is 14.4 Å². The van der Waals surface area contributed by atoms with Gasteiger partial charge in [-0.2, -0.15) is 5.10 Å². The molecule has 0 atom stereocenters. The summed E-state index contributed by atoms with van der Waals surface area (Å²) < 4.78 is 10.5. The minimum Gasteiger partial charge on any atom is -0.496 e. The molecular formula is C23H17Cl2N3O5. The first-order valence-corrected chi connectivity index (χ1v) is 10.2. The number of para-hydroxylation sites is 1. The number of methoxy groups -OCH3 is 1. The molecule has 0 aliphatic rings. The molecule has 2 N–H and O–H groups in total. The fraction of sp³-hybridized carbons (Fsp3) is 0.0435. The highest BCUT2D eigenvalue weighted by Gasteiger charge is 2.15. The number of halogens is 2. The Labute approximate surface area is 199 Å². The molecule has 0 aliphatic carbocycles. The van der Waals surface area contributed by atoms with E-state index in [1.165, 1.54) is 31.5 Å². The molecule has 0 aromatic heterocycles. The monoisotopic (exact) mass is 485 g/mol. The SMILES string of the molecule is COc1ccccc1C(=O)Oc1cccc(C=NNC(=O)C(=O)Nc2ccc(Cl)c(Cl)c2)c1. The van der Waals surface area contributed by atoms with E-state index in [0.29, 0.717) is 22.0 Å². The van der Waals surface area contributed by atoms with E-state index in [-0.39, 0.29) is 16.3 Å². The highest BCUT2D eigenvalue weighted by molar-refractivity contribution is 6.43. The molecule has 0 bridgehead atoms. The number of benzene rings is 3. The Balaban J connectivity index is 1.58. The van der Waals surface area contributed by atoms with Gasteiger partial charge in [0, 0.05) is 5.69 Å². The van der Waals surface area contributed by atoms with Crippen LogP contribution >= 0.6 is 23.2 Å². The second-order valence-electron chi connectivity index (χ2n) is 6.44. The van der Waals surface area contributed by atoms with Gasteiger partial charge in [0.1, 0.15) is 17.1 Å². The Hall–Kier alpha value is -3.88. The van der Waals surface area contributed by atoms with E-state index in [2.05, 4.69) is 15.8 Å². The van der Waals surface area contributed by atoms with E-state index in [0.717, 1.165) is 0 Å². The van der Waals surface area contributed by atoms with E-state index in [1.54, 1.807) is 48.5 Å². The molecule has 3 aromatic carbocycles. The van der Waals surface area contributed by atoms with Crippen LogP contribution < -0.4 is 20.2 Å². The second-order valence-corrected chi connectivity index (χ2v) is 7.26. The van der Waals surface area contributed by atoms with Gasteiger partial charge in [-0.05, 0) is 48.0 Å². The largest absolute Gasteiger partial charge is 0.496 e. The summed E-state index contributed by atoms with van der Waals surface area (Å²) in [6.45, 7) is 0. The summed E-state index contributed by atoms with van der Waals surface area (Å²) in [4.78, 5) is 36.3. The number of amides is 2. The maximum Gasteiger partial charge on any atom is 0.347 e. The van der Waals surface area contributed by atoms with Gasteiger partial charge < -0.3 is 14.8 Å². The third-order valence-electron chi connectivity index (χ3n) is 4.16. The van der Waals surface area contributed by atoms with Crippen LogP contribution in [0.25, 0.3) is 0 Å². The molecule has 10 heteroatoms. The zero-order valence-corrected chi connectivity index (χ0v) is 18.7. The summed E-state index contributed by atoms with van der Waals surface area (Å²) >= 11 is 11.7. The quantitative estimate of drug-likeness (QED) is 0.178. The molecule has 0 fully saturated rings. The molecule has 3 rings (SSSR count). The number of hydrogen-bond acceptors (Lipinski definition) is 6. The van der Waals surface area contributed by atoms with Crippen LogP contribution in [0.5, 0.6) is 11.5 Å². The van der Waals surface area contributed by atoms with Crippen molar-refractivity contribution in [1.82, 2.24) is 5.43 Å². The third-order valence-corrected chi connectivity index (χ3v) is 4.90. The molecule has 0 spiro atoms. The fourth-order valence-corrected chi connectivity index (χ4v) is 2.91. The van der Waals surface area contributed by atoms with Gasteiger partial charge in [0.15, 0.2) is 0 Å². The van der Waals surface area contributed by atoms with Gasteiger partial charge in [0.25, 0.3) is 0 Å². The van der Waals surface area contributed by atoms with Crippen molar-refractivity contribution in [2.24, 2.45) is 5.10 Å². The van der Waals surface area contributed by atoms with Crippen LogP contribution in [0.2, 0.25) is 10.0 Å². The van der Waals surface area contributed by atoms with Gasteiger partial charge in [-0.1, -0.05) is 47.5 Å². The molecule has 0 saturated carbocycles. The zero-order valence-electron chi connectivity index (χ0n) is 17.2. The Morgan fingerprint density at radius 3 is 2.45 bits per heavy atom. The van der Waals surface area contributed by atoms with Crippen molar-refractivity contribution in [1.29, 1.82) is 0 Å². The first-order chi connectivity index (χ1) is 15.9. The average Bonchev–Trinajstić information content (AvgIpc) is 2.81. The van der Waals surface area contributed by atoms with E-state index < -0.39 is 17.8 Å². The number of hydrogen-bond donors (Lipinski definition) is 2. The average molecular weight is 486 g/mol. The van der Waals surface area contributed by atoms with Crippen molar-refractivity contribution in [2.45, 2.75) is 0 Å². The molecule has 8 nitrogen and oxygen atoms in total. The summed E-state index contributed by atoms with van der Waals surface area (Å²) in [5.74, 6) is -1.87. The number of anilines is 1. The van der Waals surface area contributed by atoms with Crippen LogP contribution in [-0.2, 0) is 9.59 Å². The lowest BCUT2D eigenvalue weighted by Gasteiger charge is -2.08. The molecular weight excluding hydrogens is 469 g/mol. The number of nitrogens with zero attached hydrogens (tertiary/aromatic N) is 1. The number of nitrogens with one attached hydrogen (secondary N) is 2. The molecule has 0 saturated heterocycles. The number of carbonyl (C=O) groups excluding carboxylic acids is 3. The summed E-state index contributed by atoms with van der Waals surface area (Å²) in [6, 6.07) is 17.5. The summed E-state index contributed by atoms with van der Waals surface area (Å²) in [5.41, 5.74) is 3.21. The van der Waals surface area contributed by atoms with Crippen LogP contribution in [0.1, 0.15) is 15.9 Å². The van der Waals surface area contributed by atoms with Gasteiger partial charge in [-0.3, -0.25) is 9.59 Å².